The summed E-state index contributed by atoms with van der Waals surface area (Å²) in [7, 11) is 0. The summed E-state index contributed by atoms with van der Waals surface area (Å²) in [6.07, 6.45) is 4.58. The van der Waals surface area contributed by atoms with Crippen LogP contribution in [0.15, 0.2) is 0 Å². The number of nitrogens with one attached hydrogen (secondary N) is 1. The van der Waals surface area contributed by atoms with Crippen molar-refractivity contribution in [2.45, 2.75) is 96.4 Å². The number of aliphatic hydroxyl groups is 1. The van der Waals surface area contributed by atoms with E-state index < -0.39 is 41.1 Å². The molecule has 0 aliphatic carbocycles. The van der Waals surface area contributed by atoms with Crippen LogP contribution < -0.4 is 5.32 Å². The van der Waals surface area contributed by atoms with E-state index in [0.29, 0.717) is 25.8 Å². The second-order valence-corrected chi connectivity index (χ2v) is 10.2. The molecule has 0 radical (unpaired) electrons. The molecule has 32 heavy (non-hydrogen) atoms. The highest BCUT2D eigenvalue weighted by atomic mass is 16.6. The predicted molar refractivity (Wildman–Crippen MR) is 119 cm³/mol. The number of ether oxygens (including phenoxy) is 2. The van der Waals surface area contributed by atoms with Crippen LogP contribution in [0, 0.1) is 17.8 Å². The molecular weight excluding hydrogens is 412 g/mol. The zero-order valence-electron chi connectivity index (χ0n) is 20.2. The van der Waals surface area contributed by atoms with Gasteiger partial charge in [-0.3, -0.25) is 14.4 Å². The molecule has 3 heterocycles. The SMILES string of the molecule is CCCCCNC(=O)C1N([C@@H](CO)CC(C)C)C(=O)[C@@H]2[C@@H](C(=O)OCC)[C@@]3(C)CCC12O3. The van der Waals surface area contributed by atoms with Crippen molar-refractivity contribution in [1.29, 1.82) is 0 Å². The highest BCUT2D eigenvalue weighted by Gasteiger charge is 2.78. The molecule has 0 aromatic heterocycles. The third kappa shape index (κ3) is 4.04. The van der Waals surface area contributed by atoms with Crippen LogP contribution in [0.1, 0.15) is 73.1 Å². The number of rotatable bonds is 11. The first-order chi connectivity index (χ1) is 15.2. The quantitative estimate of drug-likeness (QED) is 0.367. The molecule has 8 nitrogen and oxygen atoms in total. The van der Waals surface area contributed by atoms with Crippen LogP contribution in [0.25, 0.3) is 0 Å². The number of carbonyl (C=O) groups excluding carboxylic acids is 3. The Morgan fingerprint density at radius 3 is 2.59 bits per heavy atom. The van der Waals surface area contributed by atoms with Gasteiger partial charge in [0.05, 0.1) is 30.8 Å². The minimum absolute atomic E-state index is 0.219. The Labute approximate surface area is 191 Å². The number of aliphatic hydroxyl groups excluding tert-OH is 1. The number of esters is 1. The van der Waals surface area contributed by atoms with E-state index in [9.17, 15) is 19.5 Å². The van der Waals surface area contributed by atoms with E-state index >= 15 is 0 Å². The van der Waals surface area contributed by atoms with E-state index in [1.165, 1.54) is 4.90 Å². The van der Waals surface area contributed by atoms with Crippen LogP contribution in [0.4, 0.5) is 0 Å². The highest BCUT2D eigenvalue weighted by molar-refractivity contribution is 5.98. The molecule has 8 heteroatoms. The summed E-state index contributed by atoms with van der Waals surface area (Å²) in [5.74, 6) is -2.27. The first kappa shape index (κ1) is 25.0. The van der Waals surface area contributed by atoms with E-state index in [4.69, 9.17) is 9.47 Å². The average Bonchev–Trinajstić information content (AvgIpc) is 3.30. The minimum Gasteiger partial charge on any atom is -0.466 e. The van der Waals surface area contributed by atoms with Crippen LogP contribution >= 0.6 is 0 Å². The Bertz CT molecular complexity index is 727. The Morgan fingerprint density at radius 2 is 2.00 bits per heavy atom. The van der Waals surface area contributed by atoms with Crippen LogP contribution in [-0.4, -0.2) is 70.8 Å². The maximum atomic E-state index is 13.9. The fraction of sp³-hybridized carbons (Fsp3) is 0.875. The predicted octanol–water partition coefficient (Wildman–Crippen LogP) is 2.03. The first-order valence-corrected chi connectivity index (χ1v) is 12.2. The second-order valence-electron chi connectivity index (χ2n) is 10.2. The van der Waals surface area contributed by atoms with Crippen LogP contribution in [-0.2, 0) is 23.9 Å². The lowest BCUT2D eigenvalue weighted by Crippen LogP contribution is -2.58. The molecule has 3 saturated heterocycles. The normalized spacial score (nSPS) is 34.2. The maximum Gasteiger partial charge on any atom is 0.312 e. The third-order valence-electron chi connectivity index (χ3n) is 7.43. The van der Waals surface area contributed by atoms with Crippen molar-refractivity contribution in [2.75, 3.05) is 19.8 Å². The van der Waals surface area contributed by atoms with Gasteiger partial charge in [0.25, 0.3) is 0 Å². The van der Waals surface area contributed by atoms with Crippen LogP contribution in [0.3, 0.4) is 0 Å². The van der Waals surface area contributed by atoms with Gasteiger partial charge >= 0.3 is 5.97 Å². The molecule has 3 aliphatic rings. The van der Waals surface area contributed by atoms with E-state index in [1.807, 2.05) is 20.8 Å². The zero-order chi connectivity index (χ0) is 23.7. The number of nitrogens with zero attached hydrogens (tertiary/aromatic N) is 1. The van der Waals surface area contributed by atoms with Gasteiger partial charge in [-0.2, -0.15) is 0 Å². The average molecular weight is 453 g/mol. The smallest absolute Gasteiger partial charge is 0.312 e. The monoisotopic (exact) mass is 452 g/mol. The molecule has 6 atom stereocenters. The zero-order valence-corrected chi connectivity index (χ0v) is 20.2. The van der Waals surface area contributed by atoms with Gasteiger partial charge in [0, 0.05) is 6.54 Å². The molecule has 2 unspecified atom stereocenters. The molecule has 2 amide bonds. The van der Waals surface area contributed by atoms with Crippen molar-refractivity contribution in [3.8, 4) is 0 Å². The molecule has 0 aromatic carbocycles. The first-order valence-electron chi connectivity index (χ1n) is 12.2. The summed E-state index contributed by atoms with van der Waals surface area (Å²) in [5, 5.41) is 13.2. The Hall–Kier alpha value is -1.67. The topological polar surface area (TPSA) is 105 Å². The number of hydrogen-bond donors (Lipinski definition) is 2. The van der Waals surface area contributed by atoms with Crippen molar-refractivity contribution in [2.24, 2.45) is 17.8 Å². The van der Waals surface area contributed by atoms with Gasteiger partial charge < -0.3 is 24.8 Å². The Balaban J connectivity index is 2.00. The van der Waals surface area contributed by atoms with Gasteiger partial charge in [-0.25, -0.2) is 0 Å². The van der Waals surface area contributed by atoms with E-state index in [-0.39, 0.29) is 30.9 Å². The molecule has 3 rings (SSSR count). The summed E-state index contributed by atoms with van der Waals surface area (Å²) in [6.45, 7) is 10.2. The largest absolute Gasteiger partial charge is 0.466 e. The molecule has 2 N–H and O–H groups in total. The van der Waals surface area contributed by atoms with E-state index in [1.54, 1.807) is 6.92 Å². The van der Waals surface area contributed by atoms with Crippen molar-refractivity contribution in [3.63, 3.8) is 0 Å². The van der Waals surface area contributed by atoms with E-state index in [2.05, 4.69) is 12.2 Å². The molecule has 1 spiro atoms. The number of likely N-dealkylation sites (tertiary alicyclic amines) is 1. The maximum absolute atomic E-state index is 13.9. The standard InChI is InChI=1S/C24H40N2O6/c1-6-8-9-12-25-20(28)19-24-11-10-23(5,32-24)18(22(30)31-7-2)17(24)21(29)26(19)16(14-27)13-15(3)4/h15-19,27H,6-14H2,1-5H3,(H,25,28)/t16-,17+,18+,19?,23-,24?/m1/s1. The molecule has 0 saturated carbocycles. The molecular formula is C24H40N2O6. The summed E-state index contributed by atoms with van der Waals surface area (Å²) < 4.78 is 11.8. The highest BCUT2D eigenvalue weighted by Crippen LogP contribution is 2.63. The van der Waals surface area contributed by atoms with Gasteiger partial charge in [-0.15, -0.1) is 0 Å². The van der Waals surface area contributed by atoms with Crippen LogP contribution in [0.5, 0.6) is 0 Å². The lowest BCUT2D eigenvalue weighted by molar-refractivity contribution is -0.160. The van der Waals surface area contributed by atoms with Crippen molar-refractivity contribution < 1.29 is 29.0 Å². The lowest BCUT2D eigenvalue weighted by atomic mass is 9.66. The minimum atomic E-state index is -1.07. The number of unbranched alkanes of at least 4 members (excludes halogenated alkanes) is 2. The fourth-order valence-corrected chi connectivity index (χ4v) is 6.15. The van der Waals surface area contributed by atoms with Crippen molar-refractivity contribution in [1.82, 2.24) is 10.2 Å². The van der Waals surface area contributed by atoms with Gasteiger partial charge in [-0.1, -0.05) is 33.6 Å². The number of fused-ring (bicyclic) bond motifs is 1. The molecule has 182 valence electrons. The Morgan fingerprint density at radius 1 is 1.28 bits per heavy atom. The lowest BCUT2D eigenvalue weighted by Gasteiger charge is -2.37. The molecule has 0 aromatic rings. The van der Waals surface area contributed by atoms with Gasteiger partial charge in [0.2, 0.25) is 11.8 Å². The molecule has 2 bridgehead atoms. The van der Waals surface area contributed by atoms with E-state index in [0.717, 1.165) is 19.3 Å². The molecule has 3 aliphatic heterocycles. The third-order valence-corrected chi connectivity index (χ3v) is 7.43. The summed E-state index contributed by atoms with van der Waals surface area (Å²) in [4.78, 5) is 41.9. The Kier molecular flexibility index (Phi) is 7.55. The number of hydrogen-bond acceptors (Lipinski definition) is 6. The molecule has 3 fully saturated rings. The summed E-state index contributed by atoms with van der Waals surface area (Å²) >= 11 is 0. The number of amides is 2. The fourth-order valence-electron chi connectivity index (χ4n) is 6.15. The van der Waals surface area contributed by atoms with Crippen molar-refractivity contribution in [3.05, 3.63) is 0 Å². The van der Waals surface area contributed by atoms with Crippen LogP contribution in [0.2, 0.25) is 0 Å². The van der Waals surface area contributed by atoms with Gasteiger partial charge in [0.1, 0.15) is 17.6 Å². The van der Waals surface area contributed by atoms with Gasteiger partial charge in [0.15, 0.2) is 0 Å². The summed E-state index contributed by atoms with van der Waals surface area (Å²) in [6, 6.07) is -1.37. The summed E-state index contributed by atoms with van der Waals surface area (Å²) in [5.41, 5.74) is -1.89. The second kappa shape index (κ2) is 9.67. The van der Waals surface area contributed by atoms with Gasteiger partial charge in [-0.05, 0) is 45.4 Å². The number of carbonyl (C=O) groups is 3. The van der Waals surface area contributed by atoms with Crippen molar-refractivity contribution >= 4 is 17.8 Å².